The van der Waals surface area contributed by atoms with E-state index in [9.17, 15) is 0 Å². The summed E-state index contributed by atoms with van der Waals surface area (Å²) in [6.45, 7) is 6.02. The van der Waals surface area contributed by atoms with Crippen molar-refractivity contribution >= 4 is 17.3 Å². The highest BCUT2D eigenvalue weighted by Gasteiger charge is 2.16. The lowest BCUT2D eigenvalue weighted by Crippen LogP contribution is -2.21. The second-order valence-corrected chi connectivity index (χ2v) is 5.16. The number of hydrogen-bond donors (Lipinski definition) is 2. The topological polar surface area (TPSA) is 74.7 Å². The van der Waals surface area contributed by atoms with Gasteiger partial charge in [0.1, 0.15) is 5.82 Å². The molecule has 1 aromatic carbocycles. The molecule has 0 fully saturated rings. The molecule has 0 saturated heterocycles. The molecule has 0 atom stereocenters. The molecule has 0 unspecified atom stereocenters. The number of aromatic nitrogens is 1. The minimum Gasteiger partial charge on any atom is -0.409 e. The number of pyridine rings is 1. The van der Waals surface area contributed by atoms with Gasteiger partial charge in [-0.1, -0.05) is 22.9 Å². The van der Waals surface area contributed by atoms with Crippen molar-refractivity contribution in [3.05, 3.63) is 52.7 Å². The van der Waals surface area contributed by atoms with Crippen LogP contribution in [0.15, 0.2) is 35.5 Å². The zero-order valence-corrected chi connectivity index (χ0v) is 12.8. The monoisotopic (exact) mass is 284 g/mol. The summed E-state index contributed by atoms with van der Waals surface area (Å²) >= 11 is 0. The number of nitrogens with two attached hydrogens (primary N) is 1. The zero-order valence-electron chi connectivity index (χ0n) is 12.8. The number of oxime groups is 1. The lowest BCUT2D eigenvalue weighted by molar-refractivity contribution is 0.318. The summed E-state index contributed by atoms with van der Waals surface area (Å²) in [7, 11) is 1.92. The largest absolute Gasteiger partial charge is 0.409 e. The quantitative estimate of drug-likeness (QED) is 0.393. The summed E-state index contributed by atoms with van der Waals surface area (Å²) in [5, 5.41) is 12.0. The zero-order chi connectivity index (χ0) is 15.6. The van der Waals surface area contributed by atoms with Crippen LogP contribution >= 0.6 is 0 Å². The molecule has 0 radical (unpaired) electrons. The van der Waals surface area contributed by atoms with Crippen LogP contribution in [-0.2, 0) is 0 Å². The molecular formula is C16H20N4O. The maximum atomic E-state index is 8.94. The molecule has 1 aromatic heterocycles. The third-order valence-electron chi connectivity index (χ3n) is 3.43. The molecule has 5 heteroatoms. The van der Waals surface area contributed by atoms with E-state index in [1.54, 1.807) is 0 Å². The van der Waals surface area contributed by atoms with Gasteiger partial charge in [0.2, 0.25) is 0 Å². The Balaban J connectivity index is 2.57. The summed E-state index contributed by atoms with van der Waals surface area (Å²) in [4.78, 5) is 6.49. The normalized spacial score (nSPS) is 11.5. The number of anilines is 2. The number of amidine groups is 1. The summed E-state index contributed by atoms with van der Waals surface area (Å²) in [5.74, 6) is 0.714. The predicted molar refractivity (Wildman–Crippen MR) is 85.5 cm³/mol. The standard InChI is InChI=1S/C16H20N4O/c1-10-5-8-14(11(2)9-10)20(4)16-13(15(17)19-21)7-6-12(3)18-16/h5-9,21H,1-4H3,(H2,17,19). The van der Waals surface area contributed by atoms with E-state index in [4.69, 9.17) is 10.9 Å². The van der Waals surface area contributed by atoms with Crippen LogP contribution in [0.2, 0.25) is 0 Å². The van der Waals surface area contributed by atoms with E-state index >= 15 is 0 Å². The molecule has 0 bridgehead atoms. The molecular weight excluding hydrogens is 264 g/mol. The van der Waals surface area contributed by atoms with Crippen molar-refractivity contribution in [1.82, 2.24) is 4.98 Å². The van der Waals surface area contributed by atoms with Gasteiger partial charge in [-0.3, -0.25) is 0 Å². The van der Waals surface area contributed by atoms with Gasteiger partial charge in [0.15, 0.2) is 5.84 Å². The van der Waals surface area contributed by atoms with Crippen molar-refractivity contribution in [1.29, 1.82) is 0 Å². The van der Waals surface area contributed by atoms with Crippen molar-refractivity contribution in [3.63, 3.8) is 0 Å². The first-order chi connectivity index (χ1) is 9.93. The SMILES string of the molecule is Cc1ccc(N(C)c2nc(C)ccc2C(N)=NO)c(C)c1. The van der Waals surface area contributed by atoms with E-state index in [0.717, 1.165) is 16.9 Å². The van der Waals surface area contributed by atoms with Gasteiger partial charge >= 0.3 is 0 Å². The molecule has 0 spiro atoms. The van der Waals surface area contributed by atoms with Gasteiger partial charge in [-0.25, -0.2) is 4.98 Å². The van der Waals surface area contributed by atoms with Gasteiger partial charge in [-0.2, -0.15) is 0 Å². The number of nitrogens with zero attached hydrogens (tertiary/aromatic N) is 3. The second kappa shape index (κ2) is 5.83. The average molecular weight is 284 g/mol. The first kappa shape index (κ1) is 14.8. The van der Waals surface area contributed by atoms with Crippen molar-refractivity contribution in [3.8, 4) is 0 Å². The van der Waals surface area contributed by atoms with Crippen molar-refractivity contribution in [2.24, 2.45) is 10.9 Å². The molecule has 0 amide bonds. The number of hydrogen-bond acceptors (Lipinski definition) is 4. The first-order valence-electron chi connectivity index (χ1n) is 6.70. The molecule has 0 aliphatic rings. The third-order valence-corrected chi connectivity index (χ3v) is 3.43. The smallest absolute Gasteiger partial charge is 0.173 e. The van der Waals surface area contributed by atoms with Crippen LogP contribution in [0.3, 0.4) is 0 Å². The van der Waals surface area contributed by atoms with Gasteiger partial charge < -0.3 is 15.8 Å². The lowest BCUT2D eigenvalue weighted by atomic mass is 10.1. The fourth-order valence-electron chi connectivity index (χ4n) is 2.35. The Kier molecular flexibility index (Phi) is 4.12. The molecule has 0 aliphatic heterocycles. The van der Waals surface area contributed by atoms with Gasteiger partial charge in [-0.05, 0) is 44.5 Å². The predicted octanol–water partition coefficient (Wildman–Crippen LogP) is 2.87. The van der Waals surface area contributed by atoms with E-state index in [-0.39, 0.29) is 5.84 Å². The molecule has 0 aliphatic carbocycles. The van der Waals surface area contributed by atoms with E-state index < -0.39 is 0 Å². The highest BCUT2D eigenvalue weighted by molar-refractivity contribution is 6.02. The maximum absolute atomic E-state index is 8.94. The minimum absolute atomic E-state index is 0.0501. The van der Waals surface area contributed by atoms with E-state index in [1.807, 2.05) is 37.1 Å². The third kappa shape index (κ3) is 2.97. The Morgan fingerprint density at radius 1 is 1.19 bits per heavy atom. The van der Waals surface area contributed by atoms with Crippen LogP contribution in [0.25, 0.3) is 0 Å². The summed E-state index contributed by atoms with van der Waals surface area (Å²) < 4.78 is 0. The van der Waals surface area contributed by atoms with E-state index in [0.29, 0.717) is 11.4 Å². The van der Waals surface area contributed by atoms with Crippen LogP contribution < -0.4 is 10.6 Å². The summed E-state index contributed by atoms with van der Waals surface area (Å²) in [6.07, 6.45) is 0. The van der Waals surface area contributed by atoms with Crippen LogP contribution in [0, 0.1) is 20.8 Å². The molecule has 3 N–H and O–H groups in total. The number of aryl methyl sites for hydroxylation is 3. The fourth-order valence-corrected chi connectivity index (χ4v) is 2.35. The highest BCUT2D eigenvalue weighted by Crippen LogP contribution is 2.28. The Bertz CT molecular complexity index is 695. The second-order valence-electron chi connectivity index (χ2n) is 5.16. The van der Waals surface area contributed by atoms with E-state index in [1.165, 1.54) is 5.56 Å². The van der Waals surface area contributed by atoms with Gasteiger partial charge in [0.25, 0.3) is 0 Å². The van der Waals surface area contributed by atoms with Gasteiger partial charge in [0, 0.05) is 18.4 Å². The molecule has 0 saturated carbocycles. The summed E-state index contributed by atoms with van der Waals surface area (Å²) in [5.41, 5.74) is 10.6. The Morgan fingerprint density at radius 2 is 1.90 bits per heavy atom. The Hall–Kier alpha value is -2.56. The van der Waals surface area contributed by atoms with Crippen LogP contribution in [0.4, 0.5) is 11.5 Å². The van der Waals surface area contributed by atoms with Crippen molar-refractivity contribution < 1.29 is 5.21 Å². The number of rotatable bonds is 3. The number of benzene rings is 1. The van der Waals surface area contributed by atoms with Crippen molar-refractivity contribution in [2.45, 2.75) is 20.8 Å². The van der Waals surface area contributed by atoms with E-state index in [2.05, 4.69) is 36.1 Å². The van der Waals surface area contributed by atoms with Crippen LogP contribution in [-0.4, -0.2) is 23.1 Å². The first-order valence-corrected chi connectivity index (χ1v) is 6.70. The summed E-state index contributed by atoms with van der Waals surface area (Å²) in [6, 6.07) is 9.87. The highest BCUT2D eigenvalue weighted by atomic mass is 16.4. The van der Waals surface area contributed by atoms with Crippen molar-refractivity contribution in [2.75, 3.05) is 11.9 Å². The van der Waals surface area contributed by atoms with Crippen LogP contribution in [0.1, 0.15) is 22.4 Å². The molecule has 2 rings (SSSR count). The Labute approximate surface area is 124 Å². The lowest BCUT2D eigenvalue weighted by Gasteiger charge is -2.23. The molecule has 1 heterocycles. The van der Waals surface area contributed by atoms with Crippen LogP contribution in [0.5, 0.6) is 0 Å². The Morgan fingerprint density at radius 3 is 2.52 bits per heavy atom. The fraction of sp³-hybridized carbons (Fsp3) is 0.250. The van der Waals surface area contributed by atoms with Gasteiger partial charge in [-0.15, -0.1) is 0 Å². The molecule has 2 aromatic rings. The molecule has 21 heavy (non-hydrogen) atoms. The van der Waals surface area contributed by atoms with Gasteiger partial charge in [0.05, 0.1) is 5.56 Å². The molecule has 5 nitrogen and oxygen atoms in total. The average Bonchev–Trinajstić information content (AvgIpc) is 2.45. The maximum Gasteiger partial charge on any atom is 0.173 e. The minimum atomic E-state index is 0.0501. The molecule has 110 valence electrons.